The molecule has 0 radical (unpaired) electrons. The highest BCUT2D eigenvalue weighted by Gasteiger charge is 2.28. The van der Waals surface area contributed by atoms with Gasteiger partial charge in [0.1, 0.15) is 6.07 Å². The van der Waals surface area contributed by atoms with E-state index in [1.54, 1.807) is 0 Å². The topological polar surface area (TPSA) is 39.1 Å². The monoisotopic (exact) mass is 333 g/mol. The normalized spacial score (nSPS) is 23.8. The molecule has 2 fully saturated rings. The lowest BCUT2D eigenvalue weighted by molar-refractivity contribution is 0.319. The third-order valence-corrected chi connectivity index (χ3v) is 5.12. The molecule has 1 aromatic rings. The maximum absolute atomic E-state index is 9.29. The van der Waals surface area contributed by atoms with E-state index in [-0.39, 0.29) is 0 Å². The molecule has 2 aliphatic rings. The van der Waals surface area contributed by atoms with Crippen LogP contribution in [0.15, 0.2) is 22.7 Å². The zero-order valence-electron chi connectivity index (χ0n) is 11.6. The van der Waals surface area contributed by atoms with E-state index in [0.29, 0.717) is 0 Å². The van der Waals surface area contributed by atoms with Crippen LogP contribution in [-0.2, 0) is 0 Å². The van der Waals surface area contributed by atoms with Gasteiger partial charge in [-0.3, -0.25) is 0 Å². The van der Waals surface area contributed by atoms with Crippen LogP contribution in [0.5, 0.6) is 0 Å². The van der Waals surface area contributed by atoms with Gasteiger partial charge in [0.05, 0.1) is 11.3 Å². The molecule has 2 aliphatic heterocycles. The second-order valence-corrected chi connectivity index (χ2v) is 6.72. The van der Waals surface area contributed by atoms with E-state index in [1.165, 1.54) is 32.2 Å². The van der Waals surface area contributed by atoms with Gasteiger partial charge in [-0.15, -0.1) is 0 Å². The number of benzene rings is 1. The van der Waals surface area contributed by atoms with Crippen LogP contribution >= 0.6 is 15.9 Å². The van der Waals surface area contributed by atoms with E-state index in [4.69, 9.17) is 0 Å². The predicted molar refractivity (Wildman–Crippen MR) is 84.8 cm³/mol. The molecule has 3 rings (SSSR count). The maximum Gasteiger partial charge on any atom is 0.101 e. The lowest BCUT2D eigenvalue weighted by atomic mass is 9.88. The summed E-state index contributed by atoms with van der Waals surface area (Å²) < 4.78 is 0.975. The van der Waals surface area contributed by atoms with Gasteiger partial charge in [-0.1, -0.05) is 15.9 Å². The number of rotatable bonds is 2. The van der Waals surface area contributed by atoms with Crippen LogP contribution < -0.4 is 10.2 Å². The first-order valence-electron chi connectivity index (χ1n) is 7.46. The summed E-state index contributed by atoms with van der Waals surface area (Å²) >= 11 is 3.44. The fourth-order valence-corrected chi connectivity index (χ4v) is 3.89. The van der Waals surface area contributed by atoms with E-state index in [1.807, 2.05) is 12.1 Å². The summed E-state index contributed by atoms with van der Waals surface area (Å²) in [6.45, 7) is 3.33. The smallest absolute Gasteiger partial charge is 0.101 e. The number of piperidine rings is 1. The molecule has 0 bridgehead atoms. The highest BCUT2D eigenvalue weighted by Crippen LogP contribution is 2.31. The summed E-state index contributed by atoms with van der Waals surface area (Å²) in [5.41, 5.74) is 1.87. The minimum Gasteiger partial charge on any atom is -0.370 e. The number of hydrogen-bond acceptors (Lipinski definition) is 3. The standard InChI is InChI=1S/C16H20BrN3/c17-14-3-4-16(13(10-14)11-18)20-8-5-12(6-9-20)15-2-1-7-19-15/h3-4,10,12,15,19H,1-2,5-9H2. The van der Waals surface area contributed by atoms with E-state index in [0.717, 1.165) is 40.8 Å². The van der Waals surface area contributed by atoms with Crippen LogP contribution in [0.2, 0.25) is 0 Å². The minimum atomic E-state index is 0.734. The van der Waals surface area contributed by atoms with Gasteiger partial charge in [0.15, 0.2) is 0 Å². The van der Waals surface area contributed by atoms with Crippen molar-refractivity contribution in [3.63, 3.8) is 0 Å². The first kappa shape index (κ1) is 13.9. The third-order valence-electron chi connectivity index (χ3n) is 4.63. The Kier molecular flexibility index (Phi) is 4.28. The molecule has 0 spiro atoms. The summed E-state index contributed by atoms with van der Waals surface area (Å²) in [5.74, 6) is 0.815. The molecule has 1 N–H and O–H groups in total. The van der Waals surface area contributed by atoms with Gasteiger partial charge >= 0.3 is 0 Å². The molecule has 1 atom stereocenters. The second-order valence-electron chi connectivity index (χ2n) is 5.80. The van der Waals surface area contributed by atoms with Gasteiger partial charge < -0.3 is 10.2 Å². The van der Waals surface area contributed by atoms with Crippen molar-refractivity contribution in [3.05, 3.63) is 28.2 Å². The number of nitrogens with zero attached hydrogens (tertiary/aromatic N) is 2. The van der Waals surface area contributed by atoms with E-state index >= 15 is 0 Å². The van der Waals surface area contributed by atoms with Crippen molar-refractivity contribution in [2.45, 2.75) is 31.7 Å². The van der Waals surface area contributed by atoms with Gasteiger partial charge in [-0.2, -0.15) is 5.26 Å². The van der Waals surface area contributed by atoms with Crippen molar-refractivity contribution < 1.29 is 0 Å². The van der Waals surface area contributed by atoms with Crippen LogP contribution in [-0.4, -0.2) is 25.7 Å². The van der Waals surface area contributed by atoms with Crippen molar-refractivity contribution >= 4 is 21.6 Å². The molecule has 2 saturated heterocycles. The lowest BCUT2D eigenvalue weighted by Gasteiger charge is -2.36. The molecular formula is C16H20BrN3. The number of halogens is 1. The van der Waals surface area contributed by atoms with Crippen molar-refractivity contribution in [1.82, 2.24) is 5.32 Å². The zero-order chi connectivity index (χ0) is 13.9. The van der Waals surface area contributed by atoms with Crippen LogP contribution in [0.1, 0.15) is 31.2 Å². The number of anilines is 1. The molecule has 1 unspecified atom stereocenters. The molecule has 20 heavy (non-hydrogen) atoms. The minimum absolute atomic E-state index is 0.734. The highest BCUT2D eigenvalue weighted by atomic mass is 79.9. The molecule has 4 heteroatoms. The van der Waals surface area contributed by atoms with Crippen LogP contribution in [0.4, 0.5) is 5.69 Å². The molecular weight excluding hydrogens is 314 g/mol. The van der Waals surface area contributed by atoms with Gasteiger partial charge in [0, 0.05) is 23.6 Å². The maximum atomic E-state index is 9.29. The average Bonchev–Trinajstić information content (AvgIpc) is 3.01. The predicted octanol–water partition coefficient (Wildman–Crippen LogP) is 3.29. The fraction of sp³-hybridized carbons (Fsp3) is 0.562. The van der Waals surface area contributed by atoms with E-state index < -0.39 is 0 Å². The molecule has 0 amide bonds. The van der Waals surface area contributed by atoms with Crippen molar-refractivity contribution in [2.24, 2.45) is 5.92 Å². The molecule has 3 nitrogen and oxygen atoms in total. The number of nitriles is 1. The first-order valence-corrected chi connectivity index (χ1v) is 8.25. The van der Waals surface area contributed by atoms with Crippen LogP contribution in [0.25, 0.3) is 0 Å². The molecule has 0 aromatic heterocycles. The van der Waals surface area contributed by atoms with Crippen LogP contribution in [0.3, 0.4) is 0 Å². The Balaban J connectivity index is 1.67. The Hall–Kier alpha value is -1.05. The Labute approximate surface area is 129 Å². The summed E-state index contributed by atoms with van der Waals surface area (Å²) in [7, 11) is 0. The third kappa shape index (κ3) is 2.84. The van der Waals surface area contributed by atoms with E-state index in [2.05, 4.69) is 38.3 Å². The summed E-state index contributed by atoms with van der Waals surface area (Å²) in [6, 6.07) is 9.06. The quantitative estimate of drug-likeness (QED) is 0.902. The Morgan fingerprint density at radius 3 is 2.70 bits per heavy atom. The second kappa shape index (κ2) is 6.15. The molecule has 0 saturated carbocycles. The van der Waals surface area contributed by atoms with Gasteiger partial charge in [-0.25, -0.2) is 0 Å². The molecule has 1 aromatic carbocycles. The Morgan fingerprint density at radius 2 is 2.05 bits per heavy atom. The number of hydrogen-bond donors (Lipinski definition) is 1. The molecule has 0 aliphatic carbocycles. The van der Waals surface area contributed by atoms with Gasteiger partial charge in [0.2, 0.25) is 0 Å². The largest absolute Gasteiger partial charge is 0.370 e. The van der Waals surface area contributed by atoms with E-state index in [9.17, 15) is 5.26 Å². The molecule has 106 valence electrons. The Morgan fingerprint density at radius 1 is 1.25 bits per heavy atom. The van der Waals surface area contributed by atoms with Crippen molar-refractivity contribution in [1.29, 1.82) is 5.26 Å². The average molecular weight is 334 g/mol. The number of nitrogens with one attached hydrogen (secondary N) is 1. The van der Waals surface area contributed by atoms with Gasteiger partial charge in [-0.05, 0) is 56.3 Å². The fourth-order valence-electron chi connectivity index (χ4n) is 3.53. The first-order chi connectivity index (χ1) is 9.78. The van der Waals surface area contributed by atoms with Crippen LogP contribution in [0, 0.1) is 17.2 Å². The van der Waals surface area contributed by atoms with Crippen molar-refractivity contribution in [3.8, 4) is 6.07 Å². The van der Waals surface area contributed by atoms with Crippen molar-refractivity contribution in [2.75, 3.05) is 24.5 Å². The summed E-state index contributed by atoms with van der Waals surface area (Å²) in [5, 5.41) is 12.9. The Bertz CT molecular complexity index is 509. The SMILES string of the molecule is N#Cc1cc(Br)ccc1N1CCC(C2CCCN2)CC1. The highest BCUT2D eigenvalue weighted by molar-refractivity contribution is 9.10. The summed E-state index contributed by atoms with van der Waals surface area (Å²) in [4.78, 5) is 2.37. The zero-order valence-corrected chi connectivity index (χ0v) is 13.2. The van der Waals surface area contributed by atoms with Gasteiger partial charge in [0.25, 0.3) is 0 Å². The lowest BCUT2D eigenvalue weighted by Crippen LogP contribution is -2.41. The molecule has 2 heterocycles. The summed E-state index contributed by atoms with van der Waals surface area (Å²) in [6.07, 6.45) is 5.14.